The zero-order valence-electron chi connectivity index (χ0n) is 9.79. The number of rotatable bonds is 2. The van der Waals surface area contributed by atoms with Gasteiger partial charge in [-0.3, -0.25) is 4.79 Å². The molecule has 0 aromatic rings. The Balaban J connectivity index is 3.06. The van der Waals surface area contributed by atoms with Crippen molar-refractivity contribution in [2.45, 2.75) is 40.5 Å². The summed E-state index contributed by atoms with van der Waals surface area (Å²) in [7, 11) is 0. The molecule has 3 heteroatoms. The van der Waals surface area contributed by atoms with Gasteiger partial charge in [-0.05, 0) is 25.3 Å². The predicted octanol–water partition coefficient (Wildman–Crippen LogP) is 2.46. The molecule has 0 spiro atoms. The number of hydrogen-bond acceptors (Lipinski definition) is 3. The van der Waals surface area contributed by atoms with Crippen LogP contribution in [-0.4, -0.2) is 12.3 Å². The Kier molecular flexibility index (Phi) is 3.32. The van der Waals surface area contributed by atoms with Crippen LogP contribution in [0, 0.1) is 11.3 Å². The van der Waals surface area contributed by atoms with Crippen LogP contribution in [0.15, 0.2) is 11.3 Å². The second kappa shape index (κ2) is 4.17. The molecule has 0 bridgehead atoms. The van der Waals surface area contributed by atoms with E-state index >= 15 is 0 Å². The molecule has 0 aliphatic heterocycles. The van der Waals surface area contributed by atoms with Crippen molar-refractivity contribution >= 4 is 12.3 Å². The molecular weight excluding hydrogens is 192 g/mol. The van der Waals surface area contributed by atoms with E-state index in [0.29, 0.717) is 5.76 Å². The third kappa shape index (κ3) is 2.28. The van der Waals surface area contributed by atoms with Crippen molar-refractivity contribution in [2.24, 2.45) is 11.3 Å². The molecule has 0 saturated carbocycles. The van der Waals surface area contributed by atoms with Crippen LogP contribution in [0.4, 0.5) is 0 Å². The SMILES string of the molecule is CC(=O)OC1=C(C)CCC(C=O)C1(C)C. The Hall–Kier alpha value is -1.12. The molecular formula is C12H18O3. The molecule has 0 N–H and O–H groups in total. The zero-order valence-corrected chi connectivity index (χ0v) is 9.79. The summed E-state index contributed by atoms with van der Waals surface area (Å²) in [6.07, 6.45) is 2.64. The van der Waals surface area contributed by atoms with E-state index in [-0.39, 0.29) is 17.3 Å². The highest BCUT2D eigenvalue weighted by molar-refractivity contribution is 5.68. The van der Waals surface area contributed by atoms with Gasteiger partial charge < -0.3 is 9.53 Å². The van der Waals surface area contributed by atoms with Crippen molar-refractivity contribution in [1.82, 2.24) is 0 Å². The highest BCUT2D eigenvalue weighted by Crippen LogP contribution is 2.44. The van der Waals surface area contributed by atoms with Crippen LogP contribution >= 0.6 is 0 Å². The second-order valence-corrected chi connectivity index (χ2v) is 4.71. The van der Waals surface area contributed by atoms with E-state index in [1.54, 1.807) is 0 Å². The number of carbonyl (C=O) groups excluding carboxylic acids is 2. The van der Waals surface area contributed by atoms with Gasteiger partial charge in [0.2, 0.25) is 0 Å². The molecule has 1 rings (SSSR count). The lowest BCUT2D eigenvalue weighted by Gasteiger charge is -2.37. The average Bonchev–Trinajstić information content (AvgIpc) is 2.12. The van der Waals surface area contributed by atoms with E-state index < -0.39 is 0 Å². The van der Waals surface area contributed by atoms with Gasteiger partial charge in [0, 0.05) is 18.3 Å². The maximum Gasteiger partial charge on any atom is 0.307 e. The largest absolute Gasteiger partial charge is 0.431 e. The fourth-order valence-electron chi connectivity index (χ4n) is 2.17. The van der Waals surface area contributed by atoms with Gasteiger partial charge in [0.25, 0.3) is 0 Å². The van der Waals surface area contributed by atoms with Crippen LogP contribution in [0.2, 0.25) is 0 Å². The summed E-state index contributed by atoms with van der Waals surface area (Å²) in [5.41, 5.74) is 0.712. The fraction of sp³-hybridized carbons (Fsp3) is 0.667. The topological polar surface area (TPSA) is 43.4 Å². The van der Waals surface area contributed by atoms with E-state index in [4.69, 9.17) is 4.74 Å². The van der Waals surface area contributed by atoms with E-state index in [0.717, 1.165) is 24.7 Å². The summed E-state index contributed by atoms with van der Waals surface area (Å²) in [5, 5.41) is 0. The normalized spacial score (nSPS) is 24.9. The second-order valence-electron chi connectivity index (χ2n) is 4.71. The van der Waals surface area contributed by atoms with Gasteiger partial charge in [-0.25, -0.2) is 0 Å². The van der Waals surface area contributed by atoms with Crippen LogP contribution in [0.1, 0.15) is 40.5 Å². The highest BCUT2D eigenvalue weighted by atomic mass is 16.5. The molecule has 0 heterocycles. The minimum atomic E-state index is -0.365. The lowest BCUT2D eigenvalue weighted by atomic mass is 9.70. The monoisotopic (exact) mass is 210 g/mol. The molecule has 15 heavy (non-hydrogen) atoms. The third-order valence-electron chi connectivity index (χ3n) is 3.14. The van der Waals surface area contributed by atoms with Crippen molar-refractivity contribution < 1.29 is 14.3 Å². The third-order valence-corrected chi connectivity index (χ3v) is 3.14. The lowest BCUT2D eigenvalue weighted by Crippen LogP contribution is -2.33. The summed E-state index contributed by atoms with van der Waals surface area (Å²) in [4.78, 5) is 21.9. The molecule has 1 atom stereocenters. The van der Waals surface area contributed by atoms with Crippen LogP contribution in [0.3, 0.4) is 0 Å². The average molecular weight is 210 g/mol. The molecule has 1 aliphatic rings. The maximum absolute atomic E-state index is 11.0. The fourth-order valence-corrected chi connectivity index (χ4v) is 2.17. The van der Waals surface area contributed by atoms with Gasteiger partial charge in [0.05, 0.1) is 0 Å². The molecule has 0 aromatic heterocycles. The smallest absolute Gasteiger partial charge is 0.307 e. The zero-order chi connectivity index (χ0) is 11.6. The number of hydrogen-bond donors (Lipinski definition) is 0. The van der Waals surface area contributed by atoms with Gasteiger partial charge in [-0.2, -0.15) is 0 Å². The van der Waals surface area contributed by atoms with E-state index in [1.165, 1.54) is 6.92 Å². The summed E-state index contributed by atoms with van der Waals surface area (Å²) in [6, 6.07) is 0. The van der Waals surface area contributed by atoms with Gasteiger partial charge in [-0.1, -0.05) is 13.8 Å². The minimum absolute atomic E-state index is 0.0597. The number of aldehydes is 1. The minimum Gasteiger partial charge on any atom is -0.431 e. The molecule has 1 unspecified atom stereocenters. The summed E-state index contributed by atoms with van der Waals surface area (Å²) < 4.78 is 5.23. The predicted molar refractivity (Wildman–Crippen MR) is 57.0 cm³/mol. The summed E-state index contributed by atoms with van der Waals surface area (Å²) in [6.45, 7) is 7.25. The molecule has 3 nitrogen and oxygen atoms in total. The first-order valence-electron chi connectivity index (χ1n) is 5.23. The highest BCUT2D eigenvalue weighted by Gasteiger charge is 2.39. The van der Waals surface area contributed by atoms with Gasteiger partial charge in [0.1, 0.15) is 12.0 Å². The van der Waals surface area contributed by atoms with Crippen LogP contribution < -0.4 is 0 Å². The molecule has 1 aliphatic carbocycles. The molecule has 0 fully saturated rings. The summed E-state index contributed by atoms with van der Waals surface area (Å²) in [5.74, 6) is 0.304. The first-order valence-corrected chi connectivity index (χ1v) is 5.23. The van der Waals surface area contributed by atoms with E-state index in [2.05, 4.69) is 0 Å². The van der Waals surface area contributed by atoms with Crippen LogP contribution in [0.5, 0.6) is 0 Å². The van der Waals surface area contributed by atoms with Gasteiger partial charge in [-0.15, -0.1) is 0 Å². The Morgan fingerprint density at radius 1 is 1.53 bits per heavy atom. The standard InChI is InChI=1S/C12H18O3/c1-8-5-6-10(7-13)12(3,4)11(8)15-9(2)14/h7,10H,5-6H2,1-4H3. The Morgan fingerprint density at radius 2 is 2.13 bits per heavy atom. The van der Waals surface area contributed by atoms with E-state index in [1.807, 2.05) is 20.8 Å². The van der Waals surface area contributed by atoms with Crippen LogP contribution in [-0.2, 0) is 14.3 Å². The molecule has 0 aromatic carbocycles. The lowest BCUT2D eigenvalue weighted by molar-refractivity contribution is -0.140. The first kappa shape index (κ1) is 12.0. The number of esters is 1. The Morgan fingerprint density at radius 3 is 2.60 bits per heavy atom. The van der Waals surface area contributed by atoms with E-state index in [9.17, 15) is 9.59 Å². The quantitative estimate of drug-likeness (QED) is 0.519. The Labute approximate surface area is 90.5 Å². The van der Waals surface area contributed by atoms with Crippen molar-refractivity contribution in [3.8, 4) is 0 Å². The summed E-state index contributed by atoms with van der Waals surface area (Å²) >= 11 is 0. The molecule has 84 valence electrons. The van der Waals surface area contributed by atoms with Crippen molar-refractivity contribution in [1.29, 1.82) is 0 Å². The molecule has 0 amide bonds. The van der Waals surface area contributed by atoms with Crippen molar-refractivity contribution in [2.75, 3.05) is 0 Å². The maximum atomic E-state index is 11.0. The molecule has 0 saturated heterocycles. The van der Waals surface area contributed by atoms with Gasteiger partial charge in [0.15, 0.2) is 0 Å². The van der Waals surface area contributed by atoms with Crippen molar-refractivity contribution in [3.05, 3.63) is 11.3 Å². The number of allylic oxidation sites excluding steroid dienone is 2. The number of carbonyl (C=O) groups is 2. The molecule has 0 radical (unpaired) electrons. The first-order chi connectivity index (χ1) is 6.89. The van der Waals surface area contributed by atoms with Gasteiger partial charge >= 0.3 is 5.97 Å². The number of ether oxygens (including phenoxy) is 1. The van der Waals surface area contributed by atoms with Crippen LogP contribution in [0.25, 0.3) is 0 Å². The van der Waals surface area contributed by atoms with Crippen molar-refractivity contribution in [3.63, 3.8) is 0 Å². The Bertz CT molecular complexity index is 313.